The summed E-state index contributed by atoms with van der Waals surface area (Å²) < 4.78 is 5.63. The third-order valence-corrected chi connectivity index (χ3v) is 8.47. The number of benzene rings is 2. The highest BCUT2D eigenvalue weighted by molar-refractivity contribution is 5.82. The number of nitrogens with zero attached hydrogens (tertiary/aromatic N) is 5. The summed E-state index contributed by atoms with van der Waals surface area (Å²) in [6.45, 7) is 6.33. The zero-order chi connectivity index (χ0) is 29.6. The Hall–Kier alpha value is -4.53. The summed E-state index contributed by atoms with van der Waals surface area (Å²) in [5.74, 6) is 2.43. The van der Waals surface area contributed by atoms with Crippen LogP contribution >= 0.6 is 0 Å². The molecule has 1 atom stereocenters. The molecule has 1 unspecified atom stereocenters. The minimum absolute atomic E-state index is 0.114. The number of ether oxygens (including phenoxy) is 1. The van der Waals surface area contributed by atoms with Crippen molar-refractivity contribution in [2.45, 2.75) is 76.9 Å². The van der Waals surface area contributed by atoms with E-state index in [2.05, 4.69) is 61.3 Å². The van der Waals surface area contributed by atoms with Gasteiger partial charge in [0.2, 0.25) is 0 Å². The summed E-state index contributed by atoms with van der Waals surface area (Å²) >= 11 is 0. The Bertz CT molecular complexity index is 1760. The van der Waals surface area contributed by atoms with Crippen LogP contribution in [0.1, 0.15) is 82.9 Å². The Kier molecular flexibility index (Phi) is 6.95. The molecule has 2 aromatic carbocycles. The van der Waals surface area contributed by atoms with Crippen molar-refractivity contribution in [2.24, 2.45) is 0 Å². The molecule has 3 aromatic heterocycles. The number of amides is 1. The zero-order valence-corrected chi connectivity index (χ0v) is 24.9. The fourth-order valence-corrected chi connectivity index (χ4v) is 6.27. The first-order valence-electron chi connectivity index (χ1n) is 15.3. The topological polar surface area (TPSA) is 113 Å². The fourth-order valence-electron chi connectivity index (χ4n) is 6.27. The van der Waals surface area contributed by atoms with Crippen molar-refractivity contribution in [3.05, 3.63) is 72.7 Å². The first-order valence-corrected chi connectivity index (χ1v) is 15.3. The Morgan fingerprint density at radius 2 is 1.47 bits per heavy atom. The monoisotopic (exact) mass is 575 g/mol. The predicted molar refractivity (Wildman–Crippen MR) is 166 cm³/mol. The van der Waals surface area contributed by atoms with Gasteiger partial charge in [0.05, 0.1) is 52.7 Å². The van der Waals surface area contributed by atoms with Crippen molar-refractivity contribution < 1.29 is 9.53 Å². The van der Waals surface area contributed by atoms with Crippen LogP contribution in [-0.2, 0) is 4.74 Å². The lowest BCUT2D eigenvalue weighted by molar-refractivity contribution is 0.0218. The van der Waals surface area contributed by atoms with Gasteiger partial charge >= 0.3 is 6.09 Å². The summed E-state index contributed by atoms with van der Waals surface area (Å²) in [6.07, 6.45) is 12.1. The van der Waals surface area contributed by atoms with Crippen molar-refractivity contribution in [1.82, 2.24) is 34.8 Å². The summed E-state index contributed by atoms with van der Waals surface area (Å²) in [4.78, 5) is 40.5. The lowest BCUT2D eigenvalue weighted by Gasteiger charge is -2.27. The molecular weight excluding hydrogens is 538 g/mol. The molecule has 0 spiro atoms. The molecule has 1 amide bonds. The van der Waals surface area contributed by atoms with E-state index in [1.165, 1.54) is 25.7 Å². The van der Waals surface area contributed by atoms with Crippen LogP contribution in [0, 0.1) is 0 Å². The lowest BCUT2D eigenvalue weighted by atomic mass is 10.1. The van der Waals surface area contributed by atoms with E-state index in [4.69, 9.17) is 9.72 Å². The summed E-state index contributed by atoms with van der Waals surface area (Å²) in [7, 11) is 0. The van der Waals surface area contributed by atoms with E-state index < -0.39 is 5.60 Å². The molecule has 220 valence electrons. The average Bonchev–Trinajstić information content (AvgIpc) is 3.82. The van der Waals surface area contributed by atoms with Crippen molar-refractivity contribution in [3.8, 4) is 33.8 Å². The highest BCUT2D eigenvalue weighted by Crippen LogP contribution is 2.35. The smallest absolute Gasteiger partial charge is 0.410 e. The van der Waals surface area contributed by atoms with E-state index in [0.717, 1.165) is 69.3 Å². The van der Waals surface area contributed by atoms with E-state index in [1.54, 1.807) is 4.90 Å². The van der Waals surface area contributed by atoms with Crippen LogP contribution < -0.4 is 0 Å². The molecule has 5 aromatic rings. The number of H-pyrrole nitrogens is 2. The van der Waals surface area contributed by atoms with Gasteiger partial charge in [0.15, 0.2) is 0 Å². The minimum Gasteiger partial charge on any atom is -0.444 e. The highest BCUT2D eigenvalue weighted by atomic mass is 16.6. The van der Waals surface area contributed by atoms with Gasteiger partial charge in [-0.2, -0.15) is 0 Å². The van der Waals surface area contributed by atoms with Crippen LogP contribution in [0.5, 0.6) is 0 Å². The van der Waals surface area contributed by atoms with Crippen molar-refractivity contribution in [2.75, 3.05) is 6.54 Å². The molecule has 7 rings (SSSR count). The van der Waals surface area contributed by atoms with Gasteiger partial charge in [-0.05, 0) is 64.2 Å². The summed E-state index contributed by atoms with van der Waals surface area (Å²) in [5.41, 5.74) is 6.98. The third kappa shape index (κ3) is 5.63. The van der Waals surface area contributed by atoms with Crippen LogP contribution in [-0.4, -0.2) is 53.0 Å². The molecule has 9 heteroatoms. The molecule has 2 fully saturated rings. The van der Waals surface area contributed by atoms with Gasteiger partial charge in [-0.15, -0.1) is 0 Å². The molecule has 2 N–H and O–H groups in total. The largest absolute Gasteiger partial charge is 0.444 e. The second-order valence-electron chi connectivity index (χ2n) is 12.7. The number of likely N-dealkylation sites (tertiary alicyclic amines) is 1. The quantitative estimate of drug-likeness (QED) is 0.221. The number of carbonyl (C=O) groups excluding carboxylic acids is 1. The molecule has 0 radical (unpaired) electrons. The maximum absolute atomic E-state index is 12.8. The first-order chi connectivity index (χ1) is 20.8. The molecule has 1 aliphatic carbocycles. The fraction of sp³-hybridized carbons (Fsp3) is 0.382. The van der Waals surface area contributed by atoms with E-state index >= 15 is 0 Å². The van der Waals surface area contributed by atoms with Crippen LogP contribution in [0.2, 0.25) is 0 Å². The standard InChI is InChI=1S/C34H37N7O2/c1-34(2,3)43-33(42)41-16-6-9-30(41)32-37-19-28(40-32)22-12-10-21(11-13-22)27-18-35-25-15-14-24(17-26(25)38-27)29-20-36-31(39-29)23-7-4-5-8-23/h10-15,17-20,23,30H,4-9,16H2,1-3H3,(H,36,39)(H,37,40). The molecule has 1 saturated heterocycles. The van der Waals surface area contributed by atoms with Gasteiger partial charge in [-0.3, -0.25) is 9.88 Å². The highest BCUT2D eigenvalue weighted by Gasteiger charge is 2.34. The summed E-state index contributed by atoms with van der Waals surface area (Å²) in [5, 5.41) is 0. The predicted octanol–water partition coefficient (Wildman–Crippen LogP) is 7.81. The van der Waals surface area contributed by atoms with Crippen molar-refractivity contribution >= 4 is 17.1 Å². The van der Waals surface area contributed by atoms with Gasteiger partial charge < -0.3 is 14.7 Å². The number of carbonyl (C=O) groups is 1. The van der Waals surface area contributed by atoms with Gasteiger partial charge in [0.25, 0.3) is 0 Å². The van der Waals surface area contributed by atoms with Gasteiger partial charge in [-0.25, -0.2) is 19.7 Å². The SMILES string of the molecule is CC(C)(C)OC(=O)N1CCCC1c1ncc(-c2ccc(-c3cnc4ccc(-c5cnc(C6CCCC6)[nH]5)cc4n3)cc2)[nH]1. The Morgan fingerprint density at radius 1 is 0.791 bits per heavy atom. The minimum atomic E-state index is -0.531. The van der Waals surface area contributed by atoms with Crippen LogP contribution in [0.3, 0.4) is 0 Å². The number of fused-ring (bicyclic) bond motifs is 1. The second kappa shape index (κ2) is 10.9. The van der Waals surface area contributed by atoms with Crippen LogP contribution in [0.25, 0.3) is 44.8 Å². The number of imidazole rings is 2. The van der Waals surface area contributed by atoms with Crippen LogP contribution in [0.4, 0.5) is 4.79 Å². The maximum Gasteiger partial charge on any atom is 0.410 e. The maximum atomic E-state index is 12.8. The van der Waals surface area contributed by atoms with E-state index in [9.17, 15) is 4.79 Å². The third-order valence-electron chi connectivity index (χ3n) is 8.47. The first kappa shape index (κ1) is 27.3. The molecule has 1 aliphatic heterocycles. The number of hydrogen-bond acceptors (Lipinski definition) is 6. The van der Waals surface area contributed by atoms with Gasteiger partial charge in [-0.1, -0.05) is 43.2 Å². The van der Waals surface area contributed by atoms with Crippen molar-refractivity contribution in [1.29, 1.82) is 0 Å². The molecule has 2 aliphatic rings. The van der Waals surface area contributed by atoms with E-state index in [-0.39, 0.29) is 12.1 Å². The molecule has 4 heterocycles. The lowest BCUT2D eigenvalue weighted by Crippen LogP contribution is -2.36. The Morgan fingerprint density at radius 3 is 2.23 bits per heavy atom. The number of rotatable bonds is 5. The van der Waals surface area contributed by atoms with Gasteiger partial charge in [0, 0.05) is 23.6 Å². The number of hydrogen-bond donors (Lipinski definition) is 2. The molecular formula is C34H37N7O2. The molecule has 43 heavy (non-hydrogen) atoms. The van der Waals surface area contributed by atoms with E-state index in [0.29, 0.717) is 12.5 Å². The normalized spacial score (nSPS) is 17.7. The molecule has 1 saturated carbocycles. The number of nitrogens with one attached hydrogen (secondary N) is 2. The average molecular weight is 576 g/mol. The Labute approximate surface area is 251 Å². The summed E-state index contributed by atoms with van der Waals surface area (Å²) in [6, 6.07) is 14.3. The molecule has 0 bridgehead atoms. The van der Waals surface area contributed by atoms with Crippen LogP contribution in [0.15, 0.2) is 61.1 Å². The Balaban J connectivity index is 1.09. The number of aromatic amines is 2. The number of aromatic nitrogens is 6. The van der Waals surface area contributed by atoms with Crippen molar-refractivity contribution in [3.63, 3.8) is 0 Å². The van der Waals surface area contributed by atoms with E-state index in [1.807, 2.05) is 45.4 Å². The zero-order valence-electron chi connectivity index (χ0n) is 24.9. The molecule has 9 nitrogen and oxygen atoms in total. The second-order valence-corrected chi connectivity index (χ2v) is 12.7. The van der Waals surface area contributed by atoms with Gasteiger partial charge in [0.1, 0.15) is 17.2 Å².